The van der Waals surface area contributed by atoms with E-state index in [4.69, 9.17) is 4.74 Å². The Hall–Kier alpha value is -0.700. The van der Waals surface area contributed by atoms with Gasteiger partial charge in [0.15, 0.2) is 0 Å². The number of halogens is 1. The lowest BCUT2D eigenvalue weighted by Crippen LogP contribution is -2.12. The largest absolute Gasteiger partial charge is 0.495 e. The number of hydrogen-bond donors (Lipinski definition) is 1. The van der Waals surface area contributed by atoms with Crippen molar-refractivity contribution in [3.8, 4) is 5.75 Å². The standard InChI is InChI=1S/C10H12BrNO/c1-13-10-7-3-2-6-12-9(7)5-4-8(10)11/h4-5,12H,2-3,6H2,1H3. The monoisotopic (exact) mass is 241 g/mol. The lowest BCUT2D eigenvalue weighted by molar-refractivity contribution is 0.406. The van der Waals surface area contributed by atoms with Gasteiger partial charge in [-0.1, -0.05) is 0 Å². The quantitative estimate of drug-likeness (QED) is 0.817. The predicted octanol–water partition coefficient (Wildman–Crippen LogP) is 2.82. The van der Waals surface area contributed by atoms with Crippen LogP contribution >= 0.6 is 15.9 Å². The second kappa shape index (κ2) is 3.58. The van der Waals surface area contributed by atoms with Crippen molar-refractivity contribution in [2.75, 3.05) is 19.0 Å². The van der Waals surface area contributed by atoms with Gasteiger partial charge in [0.2, 0.25) is 0 Å². The molecule has 0 fully saturated rings. The maximum absolute atomic E-state index is 5.36. The molecule has 2 nitrogen and oxygen atoms in total. The normalized spacial score (nSPS) is 14.6. The van der Waals surface area contributed by atoms with E-state index in [9.17, 15) is 0 Å². The van der Waals surface area contributed by atoms with Crippen molar-refractivity contribution in [1.29, 1.82) is 0 Å². The van der Waals surface area contributed by atoms with Gasteiger partial charge in [0.25, 0.3) is 0 Å². The van der Waals surface area contributed by atoms with Crippen LogP contribution in [0.5, 0.6) is 5.75 Å². The molecule has 0 spiro atoms. The van der Waals surface area contributed by atoms with Gasteiger partial charge in [0, 0.05) is 17.8 Å². The maximum atomic E-state index is 5.36. The number of rotatable bonds is 1. The highest BCUT2D eigenvalue weighted by atomic mass is 79.9. The molecule has 1 aromatic carbocycles. The highest BCUT2D eigenvalue weighted by molar-refractivity contribution is 9.10. The number of anilines is 1. The summed E-state index contributed by atoms with van der Waals surface area (Å²) in [5, 5.41) is 3.36. The van der Waals surface area contributed by atoms with E-state index in [2.05, 4.69) is 27.3 Å². The Labute approximate surface area is 86.4 Å². The molecule has 3 heteroatoms. The molecule has 13 heavy (non-hydrogen) atoms. The lowest BCUT2D eigenvalue weighted by Gasteiger charge is -2.20. The highest BCUT2D eigenvalue weighted by Gasteiger charge is 2.15. The topological polar surface area (TPSA) is 21.3 Å². The van der Waals surface area contributed by atoms with Crippen LogP contribution in [-0.4, -0.2) is 13.7 Å². The molecule has 2 rings (SSSR count). The van der Waals surface area contributed by atoms with Crippen LogP contribution in [0.25, 0.3) is 0 Å². The summed E-state index contributed by atoms with van der Waals surface area (Å²) in [6.45, 7) is 1.07. The van der Waals surface area contributed by atoms with Gasteiger partial charge in [-0.3, -0.25) is 0 Å². The zero-order chi connectivity index (χ0) is 9.26. The van der Waals surface area contributed by atoms with E-state index in [0.717, 1.165) is 23.2 Å². The Bertz CT molecular complexity index is 325. The Morgan fingerprint density at radius 3 is 3.08 bits per heavy atom. The zero-order valence-corrected chi connectivity index (χ0v) is 9.15. The lowest BCUT2D eigenvalue weighted by atomic mass is 10.0. The van der Waals surface area contributed by atoms with Crippen LogP contribution in [0.4, 0.5) is 5.69 Å². The molecule has 70 valence electrons. The van der Waals surface area contributed by atoms with Crippen LogP contribution in [0.2, 0.25) is 0 Å². The molecule has 1 N–H and O–H groups in total. The summed E-state index contributed by atoms with van der Waals surface area (Å²) >= 11 is 3.48. The van der Waals surface area contributed by atoms with Crippen LogP contribution in [0.15, 0.2) is 16.6 Å². The SMILES string of the molecule is COc1c(Br)ccc2c1CCCN2. The average molecular weight is 242 g/mol. The first-order valence-electron chi connectivity index (χ1n) is 4.42. The predicted molar refractivity (Wildman–Crippen MR) is 57.5 cm³/mol. The zero-order valence-electron chi connectivity index (χ0n) is 7.56. The molecule has 0 bridgehead atoms. The Morgan fingerprint density at radius 2 is 2.31 bits per heavy atom. The van der Waals surface area contributed by atoms with E-state index in [1.807, 2.05) is 6.07 Å². The van der Waals surface area contributed by atoms with Crippen molar-refractivity contribution in [2.24, 2.45) is 0 Å². The molecule has 0 radical (unpaired) electrons. The van der Waals surface area contributed by atoms with Crippen LogP contribution < -0.4 is 10.1 Å². The Morgan fingerprint density at radius 1 is 1.46 bits per heavy atom. The fraction of sp³-hybridized carbons (Fsp3) is 0.400. The van der Waals surface area contributed by atoms with Gasteiger partial charge in [-0.2, -0.15) is 0 Å². The number of fused-ring (bicyclic) bond motifs is 1. The number of ether oxygens (including phenoxy) is 1. The van der Waals surface area contributed by atoms with Crippen molar-refractivity contribution in [2.45, 2.75) is 12.8 Å². The number of methoxy groups -OCH3 is 1. The number of benzene rings is 1. The molecule has 0 amide bonds. The van der Waals surface area contributed by atoms with E-state index in [0.29, 0.717) is 0 Å². The molecule has 0 saturated carbocycles. The van der Waals surface area contributed by atoms with E-state index in [-0.39, 0.29) is 0 Å². The highest BCUT2D eigenvalue weighted by Crippen LogP contribution is 2.36. The molecule has 1 heterocycles. The summed E-state index contributed by atoms with van der Waals surface area (Å²) in [5.41, 5.74) is 2.51. The molecule has 1 aliphatic heterocycles. The minimum atomic E-state index is 0.977. The van der Waals surface area contributed by atoms with E-state index < -0.39 is 0 Å². The maximum Gasteiger partial charge on any atom is 0.138 e. The summed E-state index contributed by atoms with van der Waals surface area (Å²) in [7, 11) is 1.72. The van der Waals surface area contributed by atoms with Crippen LogP contribution in [-0.2, 0) is 6.42 Å². The van der Waals surface area contributed by atoms with Gasteiger partial charge in [-0.25, -0.2) is 0 Å². The first-order valence-corrected chi connectivity index (χ1v) is 5.21. The molecule has 1 aliphatic rings. The molecular weight excluding hydrogens is 230 g/mol. The first kappa shape index (κ1) is 8.88. The molecule has 0 atom stereocenters. The van der Waals surface area contributed by atoms with Crippen molar-refractivity contribution in [3.05, 3.63) is 22.2 Å². The summed E-state index contributed by atoms with van der Waals surface area (Å²) < 4.78 is 6.40. The van der Waals surface area contributed by atoms with Crippen LogP contribution in [0.1, 0.15) is 12.0 Å². The summed E-state index contributed by atoms with van der Waals surface area (Å²) in [5.74, 6) is 0.977. The van der Waals surface area contributed by atoms with Gasteiger partial charge in [0.05, 0.1) is 11.6 Å². The fourth-order valence-corrected chi connectivity index (χ4v) is 2.26. The van der Waals surface area contributed by atoms with E-state index >= 15 is 0 Å². The molecule has 0 aromatic heterocycles. The smallest absolute Gasteiger partial charge is 0.138 e. The fourth-order valence-electron chi connectivity index (χ4n) is 1.72. The third kappa shape index (κ3) is 1.53. The third-order valence-corrected chi connectivity index (χ3v) is 2.96. The van der Waals surface area contributed by atoms with Gasteiger partial charge < -0.3 is 10.1 Å². The van der Waals surface area contributed by atoms with Crippen molar-refractivity contribution < 1.29 is 4.74 Å². The summed E-state index contributed by atoms with van der Waals surface area (Å²) in [4.78, 5) is 0. The van der Waals surface area contributed by atoms with Gasteiger partial charge >= 0.3 is 0 Å². The van der Waals surface area contributed by atoms with Gasteiger partial charge in [-0.15, -0.1) is 0 Å². The second-order valence-electron chi connectivity index (χ2n) is 3.14. The third-order valence-electron chi connectivity index (χ3n) is 2.34. The Kier molecular flexibility index (Phi) is 2.44. The first-order chi connectivity index (χ1) is 6.33. The average Bonchev–Trinajstić information content (AvgIpc) is 2.18. The van der Waals surface area contributed by atoms with Crippen molar-refractivity contribution >= 4 is 21.6 Å². The van der Waals surface area contributed by atoms with Gasteiger partial charge in [0.1, 0.15) is 5.75 Å². The van der Waals surface area contributed by atoms with Gasteiger partial charge in [-0.05, 0) is 40.9 Å². The van der Waals surface area contributed by atoms with Crippen molar-refractivity contribution in [3.63, 3.8) is 0 Å². The van der Waals surface area contributed by atoms with E-state index in [1.165, 1.54) is 17.7 Å². The molecule has 0 saturated heterocycles. The summed E-state index contributed by atoms with van der Waals surface area (Å²) in [6, 6.07) is 4.12. The summed E-state index contributed by atoms with van der Waals surface area (Å²) in [6.07, 6.45) is 2.28. The molecule has 0 aliphatic carbocycles. The molecular formula is C10H12BrNO. The molecule has 1 aromatic rings. The van der Waals surface area contributed by atoms with E-state index in [1.54, 1.807) is 7.11 Å². The minimum Gasteiger partial charge on any atom is -0.495 e. The van der Waals surface area contributed by atoms with Crippen molar-refractivity contribution in [1.82, 2.24) is 0 Å². The number of nitrogens with one attached hydrogen (secondary N) is 1. The Balaban J connectivity index is 2.52. The minimum absolute atomic E-state index is 0.977. The molecule has 0 unspecified atom stereocenters. The number of hydrogen-bond acceptors (Lipinski definition) is 2. The van der Waals surface area contributed by atoms with Crippen LogP contribution in [0.3, 0.4) is 0 Å². The second-order valence-corrected chi connectivity index (χ2v) is 3.99. The van der Waals surface area contributed by atoms with Crippen LogP contribution in [0, 0.1) is 0 Å².